The number of benzene rings is 3. The molecule has 9 heteroatoms. The average molecular weight is 670 g/mol. The Morgan fingerprint density at radius 3 is 2.27 bits per heavy atom. The Labute approximate surface area is 255 Å². The number of nitrogens with zero attached hydrogens (tertiary/aromatic N) is 2. The van der Waals surface area contributed by atoms with Gasteiger partial charge in [0.15, 0.2) is 0 Å². The monoisotopic (exact) mass is 669 g/mol. The molecule has 0 bridgehead atoms. The third kappa shape index (κ3) is 7.84. The topological polar surface area (TPSA) is 122 Å². The molecule has 3 aromatic rings. The number of primary amides is 1. The molecular weight excluding hydrogens is 629 g/mol. The van der Waals surface area contributed by atoms with E-state index in [2.05, 4.69) is 57.1 Å². The van der Waals surface area contributed by atoms with Crippen LogP contribution in [0.3, 0.4) is 0 Å². The number of fused-ring (bicyclic) bond motifs is 1. The highest BCUT2D eigenvalue weighted by molar-refractivity contribution is 14.1. The summed E-state index contributed by atoms with van der Waals surface area (Å²) in [6.45, 7) is 6.76. The van der Waals surface area contributed by atoms with Gasteiger partial charge < -0.3 is 21.7 Å². The predicted molar refractivity (Wildman–Crippen MR) is 171 cm³/mol. The first-order chi connectivity index (χ1) is 19.5. The smallest absolute Gasteiger partial charge is 0.245 e. The molecule has 1 fully saturated rings. The van der Waals surface area contributed by atoms with Gasteiger partial charge in [-0.3, -0.25) is 19.3 Å². The molecule has 0 aromatic heterocycles. The molecule has 3 amide bonds. The number of nitrogens with two attached hydrogens (primary N) is 2. The quantitative estimate of drug-likeness (QED) is 0.287. The number of nitrogens with one attached hydrogen (secondary N) is 1. The lowest BCUT2D eigenvalue weighted by Crippen LogP contribution is -2.64. The molecule has 1 aliphatic heterocycles. The minimum absolute atomic E-state index is 0.128. The van der Waals surface area contributed by atoms with Gasteiger partial charge in [-0.15, -0.1) is 0 Å². The van der Waals surface area contributed by atoms with Crippen molar-refractivity contribution in [2.45, 2.75) is 63.7 Å². The third-order valence-corrected chi connectivity index (χ3v) is 8.54. The number of carbonyl (C=O) groups excluding carboxylic acids is 3. The van der Waals surface area contributed by atoms with Crippen molar-refractivity contribution in [2.75, 3.05) is 19.6 Å². The molecule has 0 saturated carbocycles. The highest BCUT2D eigenvalue weighted by Crippen LogP contribution is 2.22. The molecule has 1 saturated heterocycles. The van der Waals surface area contributed by atoms with E-state index in [4.69, 9.17) is 11.5 Å². The second-order valence-corrected chi connectivity index (χ2v) is 12.7. The maximum absolute atomic E-state index is 14.0. The summed E-state index contributed by atoms with van der Waals surface area (Å²) in [4.78, 5) is 43.5. The van der Waals surface area contributed by atoms with Crippen molar-refractivity contribution in [3.8, 4) is 0 Å². The zero-order chi connectivity index (χ0) is 29.7. The number of hydrogen-bond donors (Lipinski definition) is 3. The predicted octanol–water partition coefficient (Wildman–Crippen LogP) is 3.23. The second kappa shape index (κ2) is 13.3. The van der Waals surface area contributed by atoms with E-state index < -0.39 is 17.6 Å². The van der Waals surface area contributed by atoms with E-state index in [1.807, 2.05) is 54.3 Å². The van der Waals surface area contributed by atoms with Gasteiger partial charge in [0.25, 0.3) is 0 Å². The van der Waals surface area contributed by atoms with Crippen LogP contribution in [0.5, 0.6) is 0 Å². The molecule has 3 aromatic carbocycles. The number of halogens is 1. The van der Waals surface area contributed by atoms with Crippen LogP contribution in [0.25, 0.3) is 10.8 Å². The van der Waals surface area contributed by atoms with Crippen LogP contribution in [0.1, 0.15) is 38.3 Å². The summed E-state index contributed by atoms with van der Waals surface area (Å²) >= 11 is 2.24. The normalized spacial score (nSPS) is 17.7. The van der Waals surface area contributed by atoms with Crippen molar-refractivity contribution in [1.82, 2.24) is 15.1 Å². The number of amides is 3. The Morgan fingerprint density at radius 1 is 0.976 bits per heavy atom. The maximum Gasteiger partial charge on any atom is 0.245 e. The van der Waals surface area contributed by atoms with E-state index in [0.29, 0.717) is 38.9 Å². The van der Waals surface area contributed by atoms with Crippen molar-refractivity contribution in [3.63, 3.8) is 0 Å². The molecular formula is C32H40IN5O3. The van der Waals surface area contributed by atoms with Crippen LogP contribution in [0.15, 0.2) is 66.7 Å². The zero-order valence-corrected chi connectivity index (χ0v) is 26.1. The molecule has 3 atom stereocenters. The molecule has 41 heavy (non-hydrogen) atoms. The number of piperazine rings is 1. The molecule has 8 nitrogen and oxygen atoms in total. The van der Waals surface area contributed by atoms with Crippen LogP contribution >= 0.6 is 22.6 Å². The summed E-state index contributed by atoms with van der Waals surface area (Å²) in [7, 11) is 0. The van der Waals surface area contributed by atoms with Gasteiger partial charge in [-0.2, -0.15) is 0 Å². The minimum Gasteiger partial charge on any atom is -0.368 e. The summed E-state index contributed by atoms with van der Waals surface area (Å²) in [5.74, 6) is -0.892. The van der Waals surface area contributed by atoms with E-state index >= 15 is 0 Å². The molecule has 3 unspecified atom stereocenters. The fourth-order valence-corrected chi connectivity index (χ4v) is 5.76. The van der Waals surface area contributed by atoms with Gasteiger partial charge in [0.05, 0.1) is 11.6 Å². The zero-order valence-electron chi connectivity index (χ0n) is 24.0. The largest absolute Gasteiger partial charge is 0.368 e. The fourth-order valence-electron chi connectivity index (χ4n) is 5.40. The molecule has 0 radical (unpaired) electrons. The average Bonchev–Trinajstić information content (AvgIpc) is 2.95. The number of hydrogen-bond acceptors (Lipinski definition) is 5. The van der Waals surface area contributed by atoms with Gasteiger partial charge in [-0.05, 0) is 83.3 Å². The Balaban J connectivity index is 1.51. The lowest BCUT2D eigenvalue weighted by atomic mass is 9.97. The molecule has 4 rings (SSSR count). The Bertz CT molecular complexity index is 1390. The molecule has 5 N–H and O–H groups in total. The van der Waals surface area contributed by atoms with Crippen molar-refractivity contribution >= 4 is 51.1 Å². The standard InChI is InChI=1S/C32H40IN5O3/c1-4-26-20-37(28(29(34)39)19-22-9-12-23-7-5-6-8-24(23)17-22)15-16-38(26)30(40)27(36-31(41)32(2,3)35)18-21-10-13-25(33)14-11-21/h5-14,17,26-28H,4,15-16,18-20,35H2,1-3H3,(H2,34,39)(H,36,41). The van der Waals surface area contributed by atoms with E-state index in [1.165, 1.54) is 0 Å². The SMILES string of the molecule is CCC1CN(C(Cc2ccc3ccccc3c2)C(N)=O)CCN1C(=O)C(Cc1ccc(I)cc1)NC(=O)C(C)(C)N. The van der Waals surface area contributed by atoms with Crippen LogP contribution < -0.4 is 16.8 Å². The lowest BCUT2D eigenvalue weighted by molar-refractivity contribution is -0.142. The minimum atomic E-state index is -1.12. The van der Waals surface area contributed by atoms with Crippen molar-refractivity contribution < 1.29 is 14.4 Å². The summed E-state index contributed by atoms with van der Waals surface area (Å²) in [6.07, 6.45) is 1.57. The number of rotatable bonds is 10. The maximum atomic E-state index is 14.0. The van der Waals surface area contributed by atoms with Crippen LogP contribution in [-0.2, 0) is 27.2 Å². The van der Waals surface area contributed by atoms with Gasteiger partial charge >= 0.3 is 0 Å². The van der Waals surface area contributed by atoms with Crippen LogP contribution in [0, 0.1) is 3.57 Å². The molecule has 0 spiro atoms. The van der Waals surface area contributed by atoms with Crippen molar-refractivity contribution in [3.05, 3.63) is 81.4 Å². The first kappa shape index (κ1) is 30.9. The lowest BCUT2D eigenvalue weighted by Gasteiger charge is -2.44. The number of carbonyl (C=O) groups is 3. The Hall–Kier alpha value is -3.02. The molecule has 1 aliphatic rings. The van der Waals surface area contributed by atoms with Crippen LogP contribution in [-0.4, -0.2) is 70.8 Å². The van der Waals surface area contributed by atoms with Gasteiger partial charge in [0, 0.05) is 35.7 Å². The summed E-state index contributed by atoms with van der Waals surface area (Å²) in [5.41, 5.74) is 12.9. The molecule has 0 aliphatic carbocycles. The van der Waals surface area contributed by atoms with Crippen molar-refractivity contribution in [2.24, 2.45) is 11.5 Å². The molecule has 218 valence electrons. The van der Waals surface area contributed by atoms with E-state index in [1.54, 1.807) is 13.8 Å². The van der Waals surface area contributed by atoms with E-state index in [-0.39, 0.29) is 23.8 Å². The van der Waals surface area contributed by atoms with Gasteiger partial charge in [0.2, 0.25) is 17.7 Å². The summed E-state index contributed by atoms with van der Waals surface area (Å²) in [6, 6.07) is 20.9. The van der Waals surface area contributed by atoms with Gasteiger partial charge in [-0.1, -0.05) is 61.5 Å². The van der Waals surface area contributed by atoms with Crippen LogP contribution in [0.4, 0.5) is 0 Å². The first-order valence-electron chi connectivity index (χ1n) is 14.1. The summed E-state index contributed by atoms with van der Waals surface area (Å²) in [5, 5.41) is 5.19. The highest BCUT2D eigenvalue weighted by atomic mass is 127. The highest BCUT2D eigenvalue weighted by Gasteiger charge is 2.38. The van der Waals surface area contributed by atoms with E-state index in [9.17, 15) is 14.4 Å². The molecule has 1 heterocycles. The van der Waals surface area contributed by atoms with Crippen LogP contribution in [0.2, 0.25) is 0 Å². The van der Waals surface area contributed by atoms with Gasteiger partial charge in [0.1, 0.15) is 6.04 Å². The third-order valence-electron chi connectivity index (χ3n) is 7.82. The summed E-state index contributed by atoms with van der Waals surface area (Å²) < 4.78 is 1.09. The fraction of sp³-hybridized carbons (Fsp3) is 0.406. The van der Waals surface area contributed by atoms with Crippen molar-refractivity contribution in [1.29, 1.82) is 0 Å². The Morgan fingerprint density at radius 2 is 1.63 bits per heavy atom. The second-order valence-electron chi connectivity index (χ2n) is 11.5. The van der Waals surface area contributed by atoms with E-state index in [0.717, 1.165) is 25.5 Å². The Kier molecular flexibility index (Phi) is 10.0. The van der Waals surface area contributed by atoms with Gasteiger partial charge in [-0.25, -0.2) is 0 Å². The first-order valence-corrected chi connectivity index (χ1v) is 15.2.